The lowest BCUT2D eigenvalue weighted by Gasteiger charge is -2.10. The first kappa shape index (κ1) is 13.7. The highest BCUT2D eigenvalue weighted by molar-refractivity contribution is 5.95. The molecule has 1 unspecified atom stereocenters. The van der Waals surface area contributed by atoms with Crippen LogP contribution in [0.15, 0.2) is 24.3 Å². The van der Waals surface area contributed by atoms with Crippen molar-refractivity contribution in [3.8, 4) is 18.0 Å². The van der Waals surface area contributed by atoms with Gasteiger partial charge in [-0.1, -0.05) is 6.07 Å². The molecule has 2 rings (SSSR count). The Bertz CT molecular complexity index is 657. The van der Waals surface area contributed by atoms with Gasteiger partial charge in [0.1, 0.15) is 0 Å². The Labute approximate surface area is 116 Å². The van der Waals surface area contributed by atoms with Crippen molar-refractivity contribution < 1.29 is 4.79 Å². The molecule has 1 heterocycles. The maximum Gasteiger partial charge on any atom is 0.242 e. The van der Waals surface area contributed by atoms with Gasteiger partial charge in [-0.15, -0.1) is 17.4 Å². The first-order valence-corrected chi connectivity index (χ1v) is 5.97. The van der Waals surface area contributed by atoms with Gasteiger partial charge >= 0.3 is 0 Å². The van der Waals surface area contributed by atoms with Crippen LogP contribution in [0.5, 0.6) is 0 Å². The van der Waals surface area contributed by atoms with E-state index in [4.69, 9.17) is 12.2 Å². The van der Waals surface area contributed by atoms with E-state index < -0.39 is 6.04 Å². The van der Waals surface area contributed by atoms with E-state index in [1.54, 1.807) is 29.8 Å². The van der Waals surface area contributed by atoms with Gasteiger partial charge in [-0.2, -0.15) is 4.68 Å². The number of hydrogen-bond acceptors (Lipinski definition) is 5. The first-order valence-electron chi connectivity index (χ1n) is 5.97. The van der Waals surface area contributed by atoms with Gasteiger partial charge in [0, 0.05) is 12.1 Å². The summed E-state index contributed by atoms with van der Waals surface area (Å²) in [7, 11) is 0. The second kappa shape index (κ2) is 5.95. The molecule has 20 heavy (non-hydrogen) atoms. The Morgan fingerprint density at radius 3 is 3.05 bits per heavy atom. The van der Waals surface area contributed by atoms with Crippen molar-refractivity contribution in [3.05, 3.63) is 30.1 Å². The molecule has 0 saturated carbocycles. The van der Waals surface area contributed by atoms with Crippen LogP contribution in [0.3, 0.4) is 0 Å². The van der Waals surface area contributed by atoms with Gasteiger partial charge in [-0.3, -0.25) is 4.79 Å². The predicted molar refractivity (Wildman–Crippen MR) is 73.9 cm³/mol. The van der Waals surface area contributed by atoms with E-state index in [-0.39, 0.29) is 12.3 Å². The van der Waals surface area contributed by atoms with Gasteiger partial charge in [-0.05, 0) is 35.5 Å². The van der Waals surface area contributed by atoms with Gasteiger partial charge < -0.3 is 11.1 Å². The van der Waals surface area contributed by atoms with Crippen molar-refractivity contribution in [3.63, 3.8) is 0 Å². The highest BCUT2D eigenvalue weighted by Gasteiger charge is 2.12. The number of tetrazole rings is 1. The minimum atomic E-state index is -0.724. The molecular weight excluding hydrogens is 256 g/mol. The Kier molecular flexibility index (Phi) is 4.08. The summed E-state index contributed by atoms with van der Waals surface area (Å²) >= 11 is 0. The normalized spacial score (nSPS) is 11.7. The van der Waals surface area contributed by atoms with Gasteiger partial charge in [-0.25, -0.2) is 0 Å². The van der Waals surface area contributed by atoms with E-state index in [0.717, 1.165) is 5.69 Å². The fraction of sp³-hybridized carbons (Fsp3) is 0.231. The smallest absolute Gasteiger partial charge is 0.242 e. The minimum absolute atomic E-state index is 0.192. The number of carbonyl (C=O) groups is 1. The molecule has 0 aliphatic heterocycles. The fourth-order valence-corrected chi connectivity index (χ4v) is 1.64. The molecule has 1 aromatic carbocycles. The number of nitrogens with two attached hydrogens (primary N) is 1. The van der Waals surface area contributed by atoms with Crippen molar-refractivity contribution in [1.29, 1.82) is 0 Å². The zero-order chi connectivity index (χ0) is 14.5. The van der Waals surface area contributed by atoms with Crippen molar-refractivity contribution >= 4 is 11.6 Å². The number of nitrogens with zero attached hydrogens (tertiary/aromatic N) is 4. The molecule has 0 aliphatic rings. The van der Waals surface area contributed by atoms with Gasteiger partial charge in [0.05, 0.1) is 11.7 Å². The quantitative estimate of drug-likeness (QED) is 0.776. The molecule has 1 atom stereocenters. The lowest BCUT2D eigenvalue weighted by molar-refractivity contribution is -0.117. The number of amides is 1. The molecule has 0 fully saturated rings. The molecule has 0 saturated heterocycles. The molecule has 7 nitrogen and oxygen atoms in total. The summed E-state index contributed by atoms with van der Waals surface area (Å²) in [5, 5.41) is 14.0. The van der Waals surface area contributed by atoms with Crippen LogP contribution in [0.25, 0.3) is 5.69 Å². The number of anilines is 1. The van der Waals surface area contributed by atoms with E-state index in [2.05, 4.69) is 26.8 Å². The van der Waals surface area contributed by atoms with Crippen LogP contribution in [0.2, 0.25) is 0 Å². The highest BCUT2D eigenvalue weighted by Crippen LogP contribution is 2.14. The van der Waals surface area contributed by atoms with E-state index in [1.165, 1.54) is 0 Å². The molecule has 1 amide bonds. The molecule has 0 radical (unpaired) electrons. The number of nitrogens with one attached hydrogen (secondary N) is 1. The van der Waals surface area contributed by atoms with Gasteiger partial charge in [0.25, 0.3) is 0 Å². The number of aryl methyl sites for hydroxylation is 1. The van der Waals surface area contributed by atoms with E-state index >= 15 is 0 Å². The summed E-state index contributed by atoms with van der Waals surface area (Å²) in [5.41, 5.74) is 6.99. The van der Waals surface area contributed by atoms with Crippen molar-refractivity contribution in [2.24, 2.45) is 5.73 Å². The molecule has 2 aromatic rings. The van der Waals surface area contributed by atoms with Crippen LogP contribution in [0, 0.1) is 19.3 Å². The highest BCUT2D eigenvalue weighted by atomic mass is 16.2. The SMILES string of the molecule is C#CCC(N)C(=O)Nc1cccc(-n2nnnc2C)c1. The number of benzene rings is 1. The largest absolute Gasteiger partial charge is 0.325 e. The predicted octanol–water partition coefficient (Wildman–Crippen LogP) is 0.260. The summed E-state index contributed by atoms with van der Waals surface area (Å²) in [6.45, 7) is 1.79. The topological polar surface area (TPSA) is 98.7 Å². The number of carbonyl (C=O) groups excluding carboxylic acids is 1. The molecule has 7 heteroatoms. The molecule has 1 aromatic heterocycles. The zero-order valence-corrected chi connectivity index (χ0v) is 10.9. The molecule has 3 N–H and O–H groups in total. The summed E-state index contributed by atoms with van der Waals surface area (Å²) < 4.78 is 1.57. The summed E-state index contributed by atoms with van der Waals surface area (Å²) in [6.07, 6.45) is 5.32. The van der Waals surface area contributed by atoms with Crippen LogP contribution >= 0.6 is 0 Å². The second-order valence-electron chi connectivity index (χ2n) is 4.19. The lowest BCUT2D eigenvalue weighted by Crippen LogP contribution is -2.35. The average molecular weight is 270 g/mol. The van der Waals surface area contributed by atoms with Crippen molar-refractivity contribution in [1.82, 2.24) is 20.2 Å². The van der Waals surface area contributed by atoms with Crippen LogP contribution in [-0.4, -0.2) is 32.2 Å². The Morgan fingerprint density at radius 2 is 2.40 bits per heavy atom. The van der Waals surface area contributed by atoms with Gasteiger partial charge in [0.2, 0.25) is 5.91 Å². The summed E-state index contributed by atoms with van der Waals surface area (Å²) in [5.74, 6) is 2.68. The van der Waals surface area contributed by atoms with E-state index in [9.17, 15) is 4.79 Å². The van der Waals surface area contributed by atoms with Crippen LogP contribution in [-0.2, 0) is 4.79 Å². The Hall–Kier alpha value is -2.72. The van der Waals surface area contributed by atoms with E-state index in [0.29, 0.717) is 11.5 Å². The number of aromatic nitrogens is 4. The molecule has 0 spiro atoms. The standard InChI is InChI=1S/C13H14N6O/c1-3-5-12(14)13(20)15-10-6-4-7-11(8-10)19-9(2)16-17-18-19/h1,4,6-8,12H,5,14H2,2H3,(H,15,20). The summed E-state index contributed by atoms with van der Waals surface area (Å²) in [4.78, 5) is 11.8. The molecular formula is C13H14N6O. The monoisotopic (exact) mass is 270 g/mol. The van der Waals surface area contributed by atoms with Crippen LogP contribution < -0.4 is 11.1 Å². The Balaban J connectivity index is 2.17. The first-order chi connectivity index (χ1) is 9.61. The van der Waals surface area contributed by atoms with Crippen molar-refractivity contribution in [2.45, 2.75) is 19.4 Å². The Morgan fingerprint density at radius 1 is 1.60 bits per heavy atom. The number of rotatable bonds is 4. The summed E-state index contributed by atoms with van der Waals surface area (Å²) in [6, 6.07) is 6.41. The van der Waals surface area contributed by atoms with Gasteiger partial charge in [0.15, 0.2) is 5.82 Å². The third-order valence-electron chi connectivity index (χ3n) is 2.66. The third-order valence-corrected chi connectivity index (χ3v) is 2.66. The molecule has 0 aliphatic carbocycles. The zero-order valence-electron chi connectivity index (χ0n) is 10.9. The number of terminal acetylenes is 1. The third kappa shape index (κ3) is 2.99. The van der Waals surface area contributed by atoms with Crippen LogP contribution in [0.1, 0.15) is 12.2 Å². The minimum Gasteiger partial charge on any atom is -0.325 e. The van der Waals surface area contributed by atoms with Crippen LogP contribution in [0.4, 0.5) is 5.69 Å². The maximum atomic E-state index is 11.8. The average Bonchev–Trinajstić information content (AvgIpc) is 2.85. The molecule has 0 bridgehead atoms. The fourth-order valence-electron chi connectivity index (χ4n) is 1.64. The second-order valence-corrected chi connectivity index (χ2v) is 4.19. The molecule has 102 valence electrons. The lowest BCUT2D eigenvalue weighted by atomic mass is 10.2. The number of hydrogen-bond donors (Lipinski definition) is 2. The van der Waals surface area contributed by atoms with Crippen molar-refractivity contribution in [2.75, 3.05) is 5.32 Å². The maximum absolute atomic E-state index is 11.8. The van der Waals surface area contributed by atoms with E-state index in [1.807, 2.05) is 6.07 Å².